The van der Waals surface area contributed by atoms with E-state index in [1.54, 1.807) is 12.1 Å². The third-order valence-electron chi connectivity index (χ3n) is 5.15. The fourth-order valence-electron chi connectivity index (χ4n) is 3.75. The summed E-state index contributed by atoms with van der Waals surface area (Å²) in [5.41, 5.74) is 9.28. The van der Waals surface area contributed by atoms with Gasteiger partial charge in [0, 0.05) is 30.8 Å². The lowest BCUT2D eigenvalue weighted by molar-refractivity contribution is -0.169. The van der Waals surface area contributed by atoms with E-state index < -0.39 is 23.8 Å². The van der Waals surface area contributed by atoms with Crippen molar-refractivity contribution in [2.45, 2.75) is 24.7 Å². The van der Waals surface area contributed by atoms with E-state index in [1.807, 2.05) is 4.90 Å². The minimum atomic E-state index is -0.573. The minimum absolute atomic E-state index is 0.0545. The largest absolute Gasteiger partial charge is 0.444 e. The predicted octanol–water partition coefficient (Wildman–Crippen LogP) is 2.80. The minimum Gasteiger partial charge on any atom is -0.444 e. The second-order valence-corrected chi connectivity index (χ2v) is 6.76. The van der Waals surface area contributed by atoms with E-state index in [-0.39, 0.29) is 13.1 Å². The molecule has 3 heterocycles. The van der Waals surface area contributed by atoms with Gasteiger partial charge < -0.3 is 19.1 Å². The van der Waals surface area contributed by atoms with Gasteiger partial charge >= 0.3 is 6.09 Å². The first-order valence-corrected chi connectivity index (χ1v) is 8.92. The molecule has 10 heteroatoms. The SMILES string of the molecule is [N-]=[N+]=NCC1CN(c2ccc(N3CCC4(CC3)OCCO4)c(F)c2)C(=O)O1. The Balaban J connectivity index is 1.44. The van der Waals surface area contributed by atoms with E-state index in [1.165, 1.54) is 11.0 Å². The van der Waals surface area contributed by atoms with E-state index in [9.17, 15) is 9.18 Å². The fraction of sp³-hybridized carbons (Fsp3) is 0.588. The van der Waals surface area contributed by atoms with Crippen molar-refractivity contribution in [2.24, 2.45) is 5.11 Å². The maximum Gasteiger partial charge on any atom is 0.414 e. The summed E-state index contributed by atoms with van der Waals surface area (Å²) in [6.45, 7) is 2.76. The number of nitrogens with zero attached hydrogens (tertiary/aromatic N) is 5. The maximum absolute atomic E-state index is 14.7. The van der Waals surface area contributed by atoms with Crippen molar-refractivity contribution in [2.75, 3.05) is 49.2 Å². The number of carbonyl (C=O) groups is 1. The van der Waals surface area contributed by atoms with Crippen LogP contribution >= 0.6 is 0 Å². The van der Waals surface area contributed by atoms with Gasteiger partial charge in [0.05, 0.1) is 37.7 Å². The molecule has 0 aromatic heterocycles. The summed E-state index contributed by atoms with van der Waals surface area (Å²) in [6.07, 6.45) is 0.276. The lowest BCUT2D eigenvalue weighted by Crippen LogP contribution is -2.45. The van der Waals surface area contributed by atoms with Gasteiger partial charge in [-0.05, 0) is 23.7 Å². The Morgan fingerprint density at radius 2 is 2.04 bits per heavy atom. The molecule has 1 aromatic carbocycles. The summed E-state index contributed by atoms with van der Waals surface area (Å²) < 4.78 is 31.3. The van der Waals surface area contributed by atoms with Crippen molar-refractivity contribution in [3.8, 4) is 0 Å². The highest BCUT2D eigenvalue weighted by Gasteiger charge is 2.40. The molecular weight excluding hydrogens is 357 g/mol. The van der Waals surface area contributed by atoms with Crippen LogP contribution in [0.25, 0.3) is 10.4 Å². The van der Waals surface area contributed by atoms with Gasteiger partial charge in [0.15, 0.2) is 5.79 Å². The Morgan fingerprint density at radius 1 is 1.30 bits per heavy atom. The van der Waals surface area contributed by atoms with Gasteiger partial charge in [-0.1, -0.05) is 5.11 Å². The van der Waals surface area contributed by atoms with Gasteiger partial charge in [0.1, 0.15) is 11.9 Å². The normalized spacial score (nSPS) is 24.2. The first-order valence-electron chi connectivity index (χ1n) is 8.92. The standard InChI is InChI=1S/C17H20FN5O4/c18-14-9-12(23-11-13(10-20-21-19)27-16(23)24)1-2-15(14)22-5-3-17(4-6-22)25-7-8-26-17/h1-2,9,13H,3-8,10-11H2. The third-order valence-corrected chi connectivity index (χ3v) is 5.15. The van der Waals surface area contributed by atoms with E-state index in [0.29, 0.717) is 50.5 Å². The Labute approximate surface area is 155 Å². The number of rotatable bonds is 4. The van der Waals surface area contributed by atoms with Crippen LogP contribution in [-0.4, -0.2) is 57.4 Å². The summed E-state index contributed by atoms with van der Waals surface area (Å²) in [6, 6.07) is 4.70. The third kappa shape index (κ3) is 3.51. The van der Waals surface area contributed by atoms with Crippen LogP contribution in [0.4, 0.5) is 20.6 Å². The van der Waals surface area contributed by atoms with Crippen LogP contribution in [0.1, 0.15) is 12.8 Å². The van der Waals surface area contributed by atoms with Crippen molar-refractivity contribution in [3.05, 3.63) is 34.5 Å². The Kier molecular flexibility index (Phi) is 4.77. The highest BCUT2D eigenvalue weighted by atomic mass is 19.1. The highest BCUT2D eigenvalue weighted by molar-refractivity contribution is 5.90. The molecule has 27 heavy (non-hydrogen) atoms. The van der Waals surface area contributed by atoms with E-state index >= 15 is 0 Å². The molecule has 1 unspecified atom stereocenters. The summed E-state index contributed by atoms with van der Waals surface area (Å²) in [5, 5.41) is 3.41. The molecule has 3 aliphatic heterocycles. The number of ether oxygens (including phenoxy) is 3. The average molecular weight is 377 g/mol. The number of halogens is 1. The first-order chi connectivity index (χ1) is 13.1. The number of anilines is 2. The molecule has 1 aromatic rings. The van der Waals surface area contributed by atoms with Gasteiger partial charge in [-0.3, -0.25) is 4.90 Å². The molecule has 1 spiro atoms. The molecule has 0 radical (unpaired) electrons. The van der Waals surface area contributed by atoms with Gasteiger partial charge in [-0.15, -0.1) is 0 Å². The van der Waals surface area contributed by atoms with E-state index in [2.05, 4.69) is 10.0 Å². The molecular formula is C17H20FN5O4. The summed E-state index contributed by atoms with van der Waals surface area (Å²) in [4.78, 5) is 18.0. The molecule has 144 valence electrons. The Bertz CT molecular complexity index is 769. The van der Waals surface area contributed by atoms with Gasteiger partial charge in [-0.2, -0.15) is 0 Å². The molecule has 3 saturated heterocycles. The van der Waals surface area contributed by atoms with Crippen LogP contribution < -0.4 is 9.80 Å². The van der Waals surface area contributed by atoms with Crippen LogP contribution in [-0.2, 0) is 14.2 Å². The predicted molar refractivity (Wildman–Crippen MR) is 94.1 cm³/mol. The monoisotopic (exact) mass is 377 g/mol. The second-order valence-electron chi connectivity index (χ2n) is 6.76. The Hall–Kier alpha value is -2.55. The van der Waals surface area contributed by atoms with Gasteiger partial charge in [0.25, 0.3) is 0 Å². The number of amides is 1. The Morgan fingerprint density at radius 3 is 2.70 bits per heavy atom. The fourth-order valence-corrected chi connectivity index (χ4v) is 3.75. The van der Waals surface area contributed by atoms with E-state index in [0.717, 1.165) is 0 Å². The van der Waals surface area contributed by atoms with Crippen molar-refractivity contribution in [1.82, 2.24) is 0 Å². The van der Waals surface area contributed by atoms with Crippen LogP contribution in [0.3, 0.4) is 0 Å². The molecule has 9 nitrogen and oxygen atoms in total. The molecule has 0 aliphatic carbocycles. The van der Waals surface area contributed by atoms with Gasteiger partial charge in [-0.25, -0.2) is 9.18 Å². The quantitative estimate of drug-likeness (QED) is 0.456. The number of cyclic esters (lactones) is 1. The van der Waals surface area contributed by atoms with Gasteiger partial charge in [0.2, 0.25) is 0 Å². The molecule has 3 aliphatic rings. The number of hydrogen-bond donors (Lipinski definition) is 0. The molecule has 0 N–H and O–H groups in total. The lowest BCUT2D eigenvalue weighted by Gasteiger charge is -2.38. The topological polar surface area (TPSA) is 100 Å². The lowest BCUT2D eigenvalue weighted by atomic mass is 10.0. The zero-order valence-corrected chi connectivity index (χ0v) is 14.7. The number of azide groups is 1. The molecule has 0 bridgehead atoms. The smallest absolute Gasteiger partial charge is 0.414 e. The van der Waals surface area contributed by atoms with Crippen molar-refractivity contribution < 1.29 is 23.4 Å². The van der Waals surface area contributed by atoms with Crippen LogP contribution in [0.2, 0.25) is 0 Å². The van der Waals surface area contributed by atoms with Crippen molar-refractivity contribution in [1.29, 1.82) is 0 Å². The molecule has 1 atom stereocenters. The summed E-state index contributed by atoms with van der Waals surface area (Å²) >= 11 is 0. The molecule has 3 fully saturated rings. The van der Waals surface area contributed by atoms with Crippen LogP contribution in [0.15, 0.2) is 23.3 Å². The maximum atomic E-state index is 14.7. The first kappa shape index (κ1) is 17.8. The van der Waals surface area contributed by atoms with Crippen LogP contribution in [0, 0.1) is 5.82 Å². The van der Waals surface area contributed by atoms with E-state index in [4.69, 9.17) is 19.7 Å². The van der Waals surface area contributed by atoms with Crippen molar-refractivity contribution >= 4 is 17.5 Å². The summed E-state index contributed by atoms with van der Waals surface area (Å²) in [7, 11) is 0. The highest BCUT2D eigenvalue weighted by Crippen LogP contribution is 2.35. The second kappa shape index (κ2) is 7.22. The zero-order chi connectivity index (χ0) is 18.9. The summed E-state index contributed by atoms with van der Waals surface area (Å²) in [5.74, 6) is -0.907. The molecule has 4 rings (SSSR count). The van der Waals surface area contributed by atoms with Crippen LogP contribution in [0.5, 0.6) is 0 Å². The van der Waals surface area contributed by atoms with Crippen molar-refractivity contribution in [3.63, 3.8) is 0 Å². The zero-order valence-electron chi connectivity index (χ0n) is 14.7. The number of carbonyl (C=O) groups excluding carboxylic acids is 1. The number of benzene rings is 1. The number of piperidine rings is 1. The average Bonchev–Trinajstić information content (AvgIpc) is 3.28. The molecule has 0 saturated carbocycles. The molecule has 1 amide bonds. The number of hydrogen-bond acceptors (Lipinski definition) is 6.